The lowest BCUT2D eigenvalue weighted by Gasteiger charge is -2.39. The van der Waals surface area contributed by atoms with Gasteiger partial charge in [0.2, 0.25) is 0 Å². The predicted octanol–water partition coefficient (Wildman–Crippen LogP) is 7.04. The average molecular weight is 441 g/mol. The van der Waals surface area contributed by atoms with Crippen molar-refractivity contribution in [1.29, 1.82) is 0 Å². The molecule has 0 spiro atoms. The first-order valence-electron chi connectivity index (χ1n) is 11.6. The Morgan fingerprint density at radius 1 is 0.906 bits per heavy atom. The van der Waals surface area contributed by atoms with Crippen LogP contribution in [0.15, 0.2) is 72.8 Å². The van der Waals surface area contributed by atoms with Gasteiger partial charge in [0.25, 0.3) is 0 Å². The Hall–Kier alpha value is -2.88. The van der Waals surface area contributed by atoms with Crippen molar-refractivity contribution in [3.05, 3.63) is 83.9 Å². The van der Waals surface area contributed by atoms with Crippen molar-refractivity contribution in [3.63, 3.8) is 0 Å². The molecule has 0 amide bonds. The van der Waals surface area contributed by atoms with Crippen LogP contribution in [-0.2, 0) is 19.7 Å². The number of carbonyl (C=O) groups is 2. The maximum atomic E-state index is 10.4. The highest BCUT2D eigenvalue weighted by Gasteiger charge is 2.35. The van der Waals surface area contributed by atoms with Crippen LogP contribution in [0, 0.1) is 5.92 Å². The molecule has 176 valence electrons. The Bertz CT molecular complexity index is 742. The van der Waals surface area contributed by atoms with Gasteiger partial charge in [-0.1, -0.05) is 108 Å². The zero-order valence-electron chi connectivity index (χ0n) is 20.5. The lowest BCUT2D eigenvalue weighted by Crippen LogP contribution is -2.33. The van der Waals surface area contributed by atoms with E-state index in [1.165, 1.54) is 30.4 Å². The van der Waals surface area contributed by atoms with E-state index in [1.54, 1.807) is 6.92 Å². The van der Waals surface area contributed by atoms with Crippen molar-refractivity contribution < 1.29 is 19.4 Å². The van der Waals surface area contributed by atoms with Crippen LogP contribution in [0.5, 0.6) is 0 Å². The van der Waals surface area contributed by atoms with E-state index in [0.717, 1.165) is 12.2 Å². The van der Waals surface area contributed by atoms with Crippen molar-refractivity contribution in [3.8, 4) is 0 Å². The second kappa shape index (κ2) is 16.8. The Balaban J connectivity index is 0.000000680. The third kappa shape index (κ3) is 9.51. The van der Waals surface area contributed by atoms with E-state index in [9.17, 15) is 9.59 Å². The number of carbonyl (C=O) groups excluding carboxylic acids is 1. The molecule has 2 aromatic carbocycles. The van der Waals surface area contributed by atoms with E-state index in [0.29, 0.717) is 5.92 Å². The van der Waals surface area contributed by atoms with Gasteiger partial charge in [-0.25, -0.2) is 9.59 Å². The van der Waals surface area contributed by atoms with Gasteiger partial charge in [-0.3, -0.25) is 0 Å². The third-order valence-electron chi connectivity index (χ3n) is 5.34. The molecule has 0 heterocycles. The number of carboxylic acids is 1. The SMILES string of the molecule is CC.CCCC(CC)C(C)(c1ccccc1)c1ccccc1.CCOC(=O)/C=C\C(=O)O. The van der Waals surface area contributed by atoms with Gasteiger partial charge in [0.05, 0.1) is 6.61 Å². The summed E-state index contributed by atoms with van der Waals surface area (Å²) in [6.45, 7) is 12.9. The molecule has 2 rings (SSSR count). The van der Waals surface area contributed by atoms with Crippen LogP contribution in [0.25, 0.3) is 0 Å². The van der Waals surface area contributed by atoms with Gasteiger partial charge in [-0.2, -0.15) is 0 Å². The number of hydrogen-bond donors (Lipinski definition) is 1. The summed E-state index contributed by atoms with van der Waals surface area (Å²) in [5, 5.41) is 8.04. The van der Waals surface area contributed by atoms with Crippen LogP contribution in [-0.4, -0.2) is 23.7 Å². The van der Waals surface area contributed by atoms with Gasteiger partial charge in [-0.05, 0) is 30.4 Å². The molecular weight excluding hydrogens is 400 g/mol. The van der Waals surface area contributed by atoms with Crippen molar-refractivity contribution >= 4 is 11.9 Å². The summed E-state index contributed by atoms with van der Waals surface area (Å²) in [6, 6.07) is 22.0. The summed E-state index contributed by atoms with van der Waals surface area (Å²) in [7, 11) is 0. The molecule has 0 aliphatic heterocycles. The molecule has 2 aromatic rings. The number of benzene rings is 2. The van der Waals surface area contributed by atoms with Gasteiger partial charge in [0.15, 0.2) is 0 Å². The fraction of sp³-hybridized carbons (Fsp3) is 0.429. The molecule has 0 saturated heterocycles. The Kier molecular flexibility index (Phi) is 15.3. The van der Waals surface area contributed by atoms with Gasteiger partial charge in [-0.15, -0.1) is 0 Å². The normalized spacial score (nSPS) is 11.4. The standard InChI is InChI=1S/C20H26.C6H8O4.C2H6/c1-4-12-17(5-2)20(3,18-13-8-6-9-14-18)19-15-10-7-11-16-19;1-2-10-6(9)4-3-5(7)8;1-2/h6-11,13-17H,4-5,12H2,1-3H3;3-4H,2H2,1H3,(H,7,8);1-2H3/b;4-3-;. The maximum Gasteiger partial charge on any atom is 0.330 e. The van der Waals surface area contributed by atoms with E-state index < -0.39 is 11.9 Å². The first-order valence-corrected chi connectivity index (χ1v) is 11.6. The number of carboxylic acid groups (broad SMARTS) is 1. The Morgan fingerprint density at radius 3 is 1.72 bits per heavy atom. The van der Waals surface area contributed by atoms with E-state index >= 15 is 0 Å². The molecule has 1 atom stereocenters. The number of hydrogen-bond acceptors (Lipinski definition) is 3. The largest absolute Gasteiger partial charge is 0.478 e. The number of ether oxygens (including phenoxy) is 1. The molecule has 0 aliphatic rings. The predicted molar refractivity (Wildman–Crippen MR) is 133 cm³/mol. The van der Waals surface area contributed by atoms with E-state index in [4.69, 9.17) is 5.11 Å². The quantitative estimate of drug-likeness (QED) is 0.336. The summed E-state index contributed by atoms with van der Waals surface area (Å²) < 4.78 is 4.40. The molecule has 1 unspecified atom stereocenters. The second-order valence-electron chi connectivity index (χ2n) is 7.25. The van der Waals surface area contributed by atoms with E-state index in [1.807, 2.05) is 13.8 Å². The molecule has 0 radical (unpaired) electrons. The first kappa shape index (κ1) is 29.1. The van der Waals surface area contributed by atoms with Crippen LogP contribution in [0.3, 0.4) is 0 Å². The zero-order valence-corrected chi connectivity index (χ0v) is 20.5. The minimum absolute atomic E-state index is 0.104. The van der Waals surface area contributed by atoms with Crippen molar-refractivity contribution in [2.24, 2.45) is 5.92 Å². The minimum atomic E-state index is -1.16. The summed E-state index contributed by atoms with van der Waals surface area (Å²) in [6.07, 6.45) is 5.34. The Labute approximate surface area is 194 Å². The topological polar surface area (TPSA) is 63.6 Å². The summed E-state index contributed by atoms with van der Waals surface area (Å²) in [5.74, 6) is -1.12. The molecule has 0 aliphatic carbocycles. The molecule has 0 saturated carbocycles. The molecule has 4 heteroatoms. The molecule has 4 nitrogen and oxygen atoms in total. The third-order valence-corrected chi connectivity index (χ3v) is 5.34. The molecule has 1 N–H and O–H groups in total. The van der Waals surface area contributed by atoms with Gasteiger partial charge >= 0.3 is 11.9 Å². The van der Waals surface area contributed by atoms with Crippen LogP contribution in [0.2, 0.25) is 0 Å². The van der Waals surface area contributed by atoms with Crippen molar-refractivity contribution in [2.45, 2.75) is 66.2 Å². The lowest BCUT2D eigenvalue weighted by atomic mass is 9.65. The minimum Gasteiger partial charge on any atom is -0.478 e. The van der Waals surface area contributed by atoms with Crippen molar-refractivity contribution in [1.82, 2.24) is 0 Å². The highest BCUT2D eigenvalue weighted by molar-refractivity contribution is 5.90. The lowest BCUT2D eigenvalue weighted by molar-refractivity contribution is -0.138. The van der Waals surface area contributed by atoms with Crippen molar-refractivity contribution in [2.75, 3.05) is 6.61 Å². The molecule has 0 fully saturated rings. The molecular formula is C28H40O4. The molecule has 0 aromatic heterocycles. The monoisotopic (exact) mass is 440 g/mol. The summed E-state index contributed by atoms with van der Waals surface area (Å²) in [4.78, 5) is 20.2. The van der Waals surface area contributed by atoms with Crippen LogP contribution in [0.4, 0.5) is 0 Å². The number of rotatable bonds is 9. The maximum absolute atomic E-state index is 10.4. The summed E-state index contributed by atoms with van der Waals surface area (Å²) in [5.41, 5.74) is 2.98. The highest BCUT2D eigenvalue weighted by atomic mass is 16.5. The van der Waals surface area contributed by atoms with Crippen LogP contribution in [0.1, 0.15) is 71.9 Å². The number of esters is 1. The molecule has 0 bridgehead atoms. The highest BCUT2D eigenvalue weighted by Crippen LogP contribution is 2.42. The first-order chi connectivity index (χ1) is 15.4. The smallest absolute Gasteiger partial charge is 0.330 e. The second-order valence-corrected chi connectivity index (χ2v) is 7.25. The van der Waals surface area contributed by atoms with Gasteiger partial charge in [0.1, 0.15) is 0 Å². The van der Waals surface area contributed by atoms with Crippen LogP contribution < -0.4 is 0 Å². The van der Waals surface area contributed by atoms with Gasteiger partial charge in [0, 0.05) is 17.6 Å². The number of aliphatic carboxylic acids is 1. The van der Waals surface area contributed by atoms with Gasteiger partial charge < -0.3 is 9.84 Å². The Morgan fingerprint density at radius 2 is 1.38 bits per heavy atom. The van der Waals surface area contributed by atoms with Crippen LogP contribution >= 0.6 is 0 Å². The van der Waals surface area contributed by atoms with E-state index in [-0.39, 0.29) is 12.0 Å². The summed E-state index contributed by atoms with van der Waals surface area (Å²) >= 11 is 0. The van der Waals surface area contributed by atoms with E-state index in [2.05, 4.69) is 86.2 Å². The molecule has 32 heavy (non-hydrogen) atoms. The fourth-order valence-corrected chi connectivity index (χ4v) is 3.79. The zero-order chi connectivity index (χ0) is 24.4. The average Bonchev–Trinajstić information content (AvgIpc) is 2.83. The fourth-order valence-electron chi connectivity index (χ4n) is 3.79.